The average Bonchev–Trinajstić information content (AvgIpc) is 2.54. The number of aromatic hydroxyl groups is 3. The Kier molecular flexibility index (Phi) is 3.57. The summed E-state index contributed by atoms with van der Waals surface area (Å²) in [5.74, 6) is 0.494. The number of phenols is 3. The normalized spacial score (nSPS) is 10.7. The molecule has 118 valence electrons. The molecule has 0 aliphatic heterocycles. The van der Waals surface area contributed by atoms with Crippen LogP contribution in [-0.4, -0.2) is 29.5 Å². The first kappa shape index (κ1) is 14.8. The molecule has 1 heterocycles. The van der Waals surface area contributed by atoms with Crippen LogP contribution in [0, 0.1) is 0 Å². The summed E-state index contributed by atoms with van der Waals surface area (Å²) in [6, 6.07) is 9.33. The van der Waals surface area contributed by atoms with E-state index in [4.69, 9.17) is 13.9 Å². The second-order valence-electron chi connectivity index (χ2n) is 4.91. The first-order chi connectivity index (χ1) is 11.0. The van der Waals surface area contributed by atoms with E-state index in [0.717, 1.165) is 0 Å². The largest absolute Gasteiger partial charge is 0.504 e. The van der Waals surface area contributed by atoms with Crippen molar-refractivity contribution in [1.82, 2.24) is 0 Å². The predicted octanol–water partition coefficient (Wildman–Crippen LogP) is 3.51. The van der Waals surface area contributed by atoms with Gasteiger partial charge in [-0.25, -0.2) is 4.42 Å². The standard InChI is InChI=1S/C17H14O6/c1-21-16-7-10(6-13(20)17(16)22-2)14-4-3-9-5-11(18)12(19)8-15(9)23-14/h3-8H,1-2H3,(H2-,18,19,20)/p+1. The Morgan fingerprint density at radius 3 is 2.26 bits per heavy atom. The number of rotatable bonds is 3. The SMILES string of the molecule is COc1cc(-c2ccc3cc(O)c(O)cc3[o+]2)cc(O)c1OC. The van der Waals surface area contributed by atoms with Gasteiger partial charge in [0.05, 0.1) is 31.2 Å². The molecule has 3 aromatic rings. The Morgan fingerprint density at radius 2 is 1.57 bits per heavy atom. The number of hydrogen-bond donors (Lipinski definition) is 3. The first-order valence-electron chi connectivity index (χ1n) is 6.77. The summed E-state index contributed by atoms with van der Waals surface area (Å²) in [6.07, 6.45) is 0. The average molecular weight is 315 g/mol. The van der Waals surface area contributed by atoms with Gasteiger partial charge in [-0.05, 0) is 6.07 Å². The van der Waals surface area contributed by atoms with Gasteiger partial charge in [0, 0.05) is 24.3 Å². The number of methoxy groups -OCH3 is 2. The van der Waals surface area contributed by atoms with Crippen LogP contribution >= 0.6 is 0 Å². The van der Waals surface area contributed by atoms with Crippen molar-refractivity contribution in [2.75, 3.05) is 14.2 Å². The van der Waals surface area contributed by atoms with Crippen molar-refractivity contribution in [3.05, 3.63) is 36.4 Å². The lowest BCUT2D eigenvalue weighted by Gasteiger charge is -2.09. The molecule has 2 aromatic carbocycles. The van der Waals surface area contributed by atoms with Crippen molar-refractivity contribution in [3.63, 3.8) is 0 Å². The molecule has 0 amide bonds. The van der Waals surface area contributed by atoms with Crippen LogP contribution in [0.3, 0.4) is 0 Å². The molecule has 0 saturated heterocycles. The van der Waals surface area contributed by atoms with E-state index >= 15 is 0 Å². The maximum Gasteiger partial charge on any atom is 0.364 e. The fourth-order valence-corrected chi connectivity index (χ4v) is 2.35. The zero-order valence-electron chi connectivity index (χ0n) is 12.5. The Balaban J connectivity index is 2.16. The van der Waals surface area contributed by atoms with E-state index in [2.05, 4.69) is 0 Å². The van der Waals surface area contributed by atoms with Crippen LogP contribution in [0.15, 0.2) is 40.8 Å². The van der Waals surface area contributed by atoms with Gasteiger partial charge >= 0.3 is 11.3 Å². The fraction of sp³-hybridized carbons (Fsp3) is 0.118. The molecule has 3 N–H and O–H groups in total. The minimum Gasteiger partial charge on any atom is -0.504 e. The molecule has 0 atom stereocenters. The van der Waals surface area contributed by atoms with E-state index in [1.54, 1.807) is 18.2 Å². The van der Waals surface area contributed by atoms with Crippen molar-refractivity contribution in [1.29, 1.82) is 0 Å². The van der Waals surface area contributed by atoms with Gasteiger partial charge in [0.2, 0.25) is 5.75 Å². The highest BCUT2D eigenvalue weighted by atomic mass is 16.5. The topological polar surface area (TPSA) is 90.5 Å². The molecule has 0 bridgehead atoms. The van der Waals surface area contributed by atoms with Gasteiger partial charge in [-0.2, -0.15) is 0 Å². The number of hydrogen-bond acceptors (Lipinski definition) is 5. The molecule has 0 unspecified atom stereocenters. The number of fused-ring (bicyclic) bond motifs is 1. The third kappa shape index (κ3) is 2.55. The highest BCUT2D eigenvalue weighted by Gasteiger charge is 2.21. The Morgan fingerprint density at radius 1 is 0.826 bits per heavy atom. The van der Waals surface area contributed by atoms with Crippen molar-refractivity contribution in [3.8, 4) is 40.1 Å². The predicted molar refractivity (Wildman–Crippen MR) is 84.2 cm³/mol. The summed E-state index contributed by atoms with van der Waals surface area (Å²) in [6.45, 7) is 0. The van der Waals surface area contributed by atoms with Crippen molar-refractivity contribution < 1.29 is 29.2 Å². The van der Waals surface area contributed by atoms with Gasteiger partial charge in [0.15, 0.2) is 23.0 Å². The molecule has 23 heavy (non-hydrogen) atoms. The van der Waals surface area contributed by atoms with Crippen LogP contribution < -0.4 is 9.47 Å². The van der Waals surface area contributed by atoms with Gasteiger partial charge in [0.1, 0.15) is 0 Å². The van der Waals surface area contributed by atoms with Crippen LogP contribution in [0.1, 0.15) is 0 Å². The minimum atomic E-state index is -0.270. The van der Waals surface area contributed by atoms with Crippen LogP contribution in [0.4, 0.5) is 0 Å². The highest BCUT2D eigenvalue weighted by molar-refractivity contribution is 5.82. The van der Waals surface area contributed by atoms with Gasteiger partial charge in [-0.3, -0.25) is 0 Å². The molecule has 0 aliphatic carbocycles. The van der Waals surface area contributed by atoms with Crippen LogP contribution in [-0.2, 0) is 0 Å². The molecule has 6 nitrogen and oxygen atoms in total. The van der Waals surface area contributed by atoms with Gasteiger partial charge < -0.3 is 24.8 Å². The summed E-state index contributed by atoms with van der Waals surface area (Å²) in [7, 11) is 2.91. The maximum absolute atomic E-state index is 10.0. The second-order valence-corrected chi connectivity index (χ2v) is 4.91. The minimum absolute atomic E-state index is 0.0781. The van der Waals surface area contributed by atoms with Gasteiger partial charge in [-0.1, -0.05) is 0 Å². The van der Waals surface area contributed by atoms with Gasteiger partial charge in [-0.15, -0.1) is 0 Å². The molecule has 1 aromatic heterocycles. The molecule has 0 fully saturated rings. The molecule has 3 rings (SSSR count). The van der Waals surface area contributed by atoms with Crippen LogP contribution in [0.2, 0.25) is 0 Å². The van der Waals surface area contributed by atoms with Crippen LogP contribution in [0.5, 0.6) is 28.7 Å². The lowest BCUT2D eigenvalue weighted by atomic mass is 10.1. The molecular weight excluding hydrogens is 300 g/mol. The van der Waals surface area contributed by atoms with Crippen LogP contribution in [0.25, 0.3) is 22.3 Å². The molecule has 6 heteroatoms. The first-order valence-corrected chi connectivity index (χ1v) is 6.77. The Bertz CT molecular complexity index is 888. The van der Waals surface area contributed by atoms with E-state index in [1.807, 2.05) is 0 Å². The quantitative estimate of drug-likeness (QED) is 0.506. The molecule has 0 saturated carbocycles. The molecule has 0 aliphatic rings. The summed E-state index contributed by atoms with van der Waals surface area (Å²) < 4.78 is 16.0. The molecule has 0 radical (unpaired) electrons. The van der Waals surface area contributed by atoms with E-state index < -0.39 is 0 Å². The van der Waals surface area contributed by atoms with E-state index in [-0.39, 0.29) is 23.0 Å². The zero-order valence-corrected chi connectivity index (χ0v) is 12.5. The Hall–Kier alpha value is -3.15. The lowest BCUT2D eigenvalue weighted by molar-refractivity contribution is 0.333. The van der Waals surface area contributed by atoms with E-state index in [9.17, 15) is 15.3 Å². The van der Waals surface area contributed by atoms with Crippen molar-refractivity contribution in [2.45, 2.75) is 0 Å². The highest BCUT2D eigenvalue weighted by Crippen LogP contribution is 2.41. The number of ether oxygens (including phenoxy) is 2. The third-order valence-electron chi connectivity index (χ3n) is 3.48. The van der Waals surface area contributed by atoms with Gasteiger partial charge in [0.25, 0.3) is 0 Å². The smallest absolute Gasteiger partial charge is 0.364 e. The number of benzene rings is 2. The lowest BCUT2D eigenvalue weighted by Crippen LogP contribution is -1.92. The van der Waals surface area contributed by atoms with E-state index in [1.165, 1.54) is 32.4 Å². The summed E-state index contributed by atoms with van der Waals surface area (Å²) in [5, 5.41) is 29.8. The molecular formula is C17H15O6+. The summed E-state index contributed by atoms with van der Waals surface area (Å²) in [5.41, 5.74) is 0.974. The van der Waals surface area contributed by atoms with E-state index in [0.29, 0.717) is 28.0 Å². The number of phenolic OH excluding ortho intramolecular Hbond substituents is 3. The third-order valence-corrected chi connectivity index (χ3v) is 3.48. The fourth-order valence-electron chi connectivity index (χ4n) is 2.35. The summed E-state index contributed by atoms with van der Waals surface area (Å²) in [4.78, 5) is 0. The molecule has 0 spiro atoms. The zero-order chi connectivity index (χ0) is 16.6. The maximum atomic E-state index is 10.0. The van der Waals surface area contributed by atoms with Crippen molar-refractivity contribution in [2.24, 2.45) is 0 Å². The Labute approximate surface area is 131 Å². The van der Waals surface area contributed by atoms with Crippen molar-refractivity contribution >= 4 is 11.0 Å². The summed E-state index contributed by atoms with van der Waals surface area (Å²) >= 11 is 0. The monoisotopic (exact) mass is 315 g/mol. The second kappa shape index (κ2) is 5.57.